The molecule has 2 aromatic carbocycles. The van der Waals surface area contributed by atoms with Crippen LogP contribution in [0.4, 0.5) is 0 Å². The van der Waals surface area contributed by atoms with Gasteiger partial charge in [-0.2, -0.15) is 0 Å². The molecule has 0 fully saturated rings. The van der Waals surface area contributed by atoms with Crippen molar-refractivity contribution in [1.82, 2.24) is 10.3 Å². The third-order valence-electron chi connectivity index (χ3n) is 4.08. The van der Waals surface area contributed by atoms with Crippen LogP contribution < -0.4 is 5.32 Å². The Hall–Kier alpha value is -3.27. The van der Waals surface area contributed by atoms with Crippen molar-refractivity contribution in [2.45, 2.75) is 6.42 Å². The number of rotatable bonds is 5. The average Bonchev–Trinajstić information content (AvgIpc) is 2.68. The first-order chi connectivity index (χ1) is 12.2. The van der Waals surface area contributed by atoms with Crippen LogP contribution in [0.25, 0.3) is 11.3 Å². The number of nitrogens with one attached hydrogen (secondary N) is 1. The van der Waals surface area contributed by atoms with Gasteiger partial charge >= 0.3 is 0 Å². The van der Waals surface area contributed by atoms with Crippen molar-refractivity contribution < 1.29 is 9.59 Å². The predicted octanol–water partition coefficient (Wildman–Crippen LogP) is 3.51. The summed E-state index contributed by atoms with van der Waals surface area (Å²) in [4.78, 5) is 27.4. The average molecular weight is 330 g/mol. The summed E-state index contributed by atoms with van der Waals surface area (Å²) in [6.45, 7) is 0. The van der Waals surface area contributed by atoms with E-state index in [0.29, 0.717) is 17.5 Å². The molecule has 0 unspecified atom stereocenters. The molecule has 4 heteroatoms. The summed E-state index contributed by atoms with van der Waals surface area (Å²) in [5.41, 5.74) is 5.06. The first kappa shape index (κ1) is 16.6. The van der Waals surface area contributed by atoms with Crippen LogP contribution in [0.15, 0.2) is 66.9 Å². The normalized spacial score (nSPS) is 10.3. The van der Waals surface area contributed by atoms with Gasteiger partial charge in [0, 0.05) is 36.4 Å². The molecule has 4 nitrogen and oxygen atoms in total. The van der Waals surface area contributed by atoms with Crippen molar-refractivity contribution in [1.29, 1.82) is 0 Å². The first-order valence-electron chi connectivity index (χ1n) is 8.02. The fourth-order valence-electron chi connectivity index (χ4n) is 2.80. The van der Waals surface area contributed by atoms with Crippen molar-refractivity contribution in [2.24, 2.45) is 0 Å². The van der Waals surface area contributed by atoms with Crippen LogP contribution in [0, 0.1) is 0 Å². The molecule has 3 aromatic rings. The van der Waals surface area contributed by atoms with Gasteiger partial charge in [0.25, 0.3) is 5.91 Å². The second-order valence-corrected chi connectivity index (χ2v) is 5.66. The van der Waals surface area contributed by atoms with Crippen molar-refractivity contribution in [3.05, 3.63) is 89.1 Å². The zero-order valence-electron chi connectivity index (χ0n) is 13.9. The number of benzene rings is 2. The van der Waals surface area contributed by atoms with Gasteiger partial charge in [0.15, 0.2) is 0 Å². The number of hydrogen-bond acceptors (Lipinski definition) is 3. The maximum Gasteiger partial charge on any atom is 0.251 e. The largest absolute Gasteiger partial charge is 0.355 e. The molecule has 1 amide bonds. The van der Waals surface area contributed by atoms with E-state index in [1.807, 2.05) is 48.5 Å². The van der Waals surface area contributed by atoms with Gasteiger partial charge < -0.3 is 5.32 Å². The van der Waals surface area contributed by atoms with Crippen LogP contribution >= 0.6 is 0 Å². The van der Waals surface area contributed by atoms with Crippen LogP contribution in [0.1, 0.15) is 31.8 Å². The molecule has 0 saturated heterocycles. The minimum Gasteiger partial charge on any atom is -0.355 e. The Morgan fingerprint density at radius 2 is 1.72 bits per heavy atom. The fraction of sp³-hybridized carbons (Fsp3) is 0.0952. The predicted molar refractivity (Wildman–Crippen MR) is 97.7 cm³/mol. The Labute approximate surface area is 146 Å². The highest BCUT2D eigenvalue weighted by molar-refractivity contribution is 5.95. The number of carbonyl (C=O) groups excluding carboxylic acids is 2. The second kappa shape index (κ2) is 7.53. The van der Waals surface area contributed by atoms with E-state index < -0.39 is 0 Å². The molecule has 0 spiro atoms. The van der Waals surface area contributed by atoms with E-state index in [1.54, 1.807) is 25.4 Å². The van der Waals surface area contributed by atoms with Gasteiger partial charge in [0.05, 0.1) is 5.69 Å². The van der Waals surface area contributed by atoms with Crippen molar-refractivity contribution >= 4 is 12.2 Å². The molecule has 0 saturated carbocycles. The van der Waals surface area contributed by atoms with E-state index in [2.05, 4.69) is 10.3 Å². The molecule has 124 valence electrons. The minimum absolute atomic E-state index is 0.101. The Morgan fingerprint density at radius 1 is 1.00 bits per heavy atom. The van der Waals surface area contributed by atoms with Gasteiger partial charge in [-0.05, 0) is 23.3 Å². The Balaban J connectivity index is 2.00. The van der Waals surface area contributed by atoms with Gasteiger partial charge in [0.2, 0.25) is 0 Å². The van der Waals surface area contributed by atoms with Crippen LogP contribution in [0.5, 0.6) is 0 Å². The zero-order chi connectivity index (χ0) is 17.6. The lowest BCUT2D eigenvalue weighted by Gasteiger charge is -2.12. The maximum atomic E-state index is 12.1. The lowest BCUT2D eigenvalue weighted by Crippen LogP contribution is -2.19. The van der Waals surface area contributed by atoms with E-state index in [0.717, 1.165) is 28.7 Å². The molecule has 1 aromatic heterocycles. The number of hydrogen-bond donors (Lipinski definition) is 1. The number of carbonyl (C=O) groups is 2. The summed E-state index contributed by atoms with van der Waals surface area (Å²) < 4.78 is 0. The summed E-state index contributed by atoms with van der Waals surface area (Å²) in [5, 5.41) is 2.68. The minimum atomic E-state index is -0.101. The Bertz CT molecular complexity index is 902. The highest BCUT2D eigenvalue weighted by atomic mass is 16.1. The van der Waals surface area contributed by atoms with Crippen molar-refractivity contribution in [3.63, 3.8) is 0 Å². The quantitative estimate of drug-likeness (QED) is 0.728. The van der Waals surface area contributed by atoms with Crippen molar-refractivity contribution in [2.75, 3.05) is 7.05 Å². The molecular formula is C21H18N2O2. The highest BCUT2D eigenvalue weighted by Gasteiger charge is 2.13. The van der Waals surface area contributed by atoms with Crippen LogP contribution in [-0.4, -0.2) is 24.2 Å². The van der Waals surface area contributed by atoms with E-state index in [-0.39, 0.29) is 5.91 Å². The Morgan fingerprint density at radius 3 is 2.44 bits per heavy atom. The fourth-order valence-corrected chi connectivity index (χ4v) is 2.80. The lowest BCUT2D eigenvalue weighted by molar-refractivity contribution is 0.0962. The number of amides is 1. The van der Waals surface area contributed by atoms with Gasteiger partial charge in [-0.25, -0.2) is 0 Å². The Kier molecular flexibility index (Phi) is 5.00. The molecule has 0 bridgehead atoms. The van der Waals surface area contributed by atoms with Crippen LogP contribution in [0.2, 0.25) is 0 Å². The van der Waals surface area contributed by atoms with Gasteiger partial charge in [-0.15, -0.1) is 0 Å². The second-order valence-electron chi connectivity index (χ2n) is 5.66. The number of nitrogens with zero attached hydrogens (tertiary/aromatic N) is 1. The highest BCUT2D eigenvalue weighted by Crippen LogP contribution is 2.25. The van der Waals surface area contributed by atoms with E-state index >= 15 is 0 Å². The molecule has 0 aliphatic carbocycles. The zero-order valence-corrected chi connectivity index (χ0v) is 13.9. The molecule has 1 heterocycles. The first-order valence-corrected chi connectivity index (χ1v) is 8.02. The topological polar surface area (TPSA) is 59.1 Å². The molecule has 3 rings (SSSR count). The molecule has 0 aliphatic rings. The van der Waals surface area contributed by atoms with E-state index in [1.165, 1.54) is 0 Å². The van der Waals surface area contributed by atoms with Crippen molar-refractivity contribution in [3.8, 4) is 11.3 Å². The number of pyridine rings is 1. The molecule has 0 aliphatic heterocycles. The number of aromatic nitrogens is 1. The molecule has 1 N–H and O–H groups in total. The third kappa shape index (κ3) is 3.63. The molecule has 0 radical (unpaired) electrons. The maximum absolute atomic E-state index is 12.1. The molecule has 0 atom stereocenters. The van der Waals surface area contributed by atoms with Gasteiger partial charge in [0.1, 0.15) is 6.29 Å². The van der Waals surface area contributed by atoms with Gasteiger partial charge in [-0.3, -0.25) is 14.6 Å². The monoisotopic (exact) mass is 330 g/mol. The van der Waals surface area contributed by atoms with Gasteiger partial charge in [-0.1, -0.05) is 48.5 Å². The third-order valence-corrected chi connectivity index (χ3v) is 4.08. The van der Waals surface area contributed by atoms with E-state index in [9.17, 15) is 9.59 Å². The SMILES string of the molecule is CNC(=O)c1ccccc1Cc1cccnc1-c1ccc(C=O)cc1. The lowest BCUT2D eigenvalue weighted by atomic mass is 9.96. The number of aldehydes is 1. The summed E-state index contributed by atoms with van der Waals surface area (Å²) in [6.07, 6.45) is 3.17. The van der Waals surface area contributed by atoms with Crippen LogP contribution in [0.3, 0.4) is 0 Å². The summed E-state index contributed by atoms with van der Waals surface area (Å²) >= 11 is 0. The smallest absolute Gasteiger partial charge is 0.251 e. The molecule has 25 heavy (non-hydrogen) atoms. The summed E-state index contributed by atoms with van der Waals surface area (Å²) in [7, 11) is 1.63. The summed E-state index contributed by atoms with van der Waals surface area (Å²) in [6, 6.07) is 18.8. The van der Waals surface area contributed by atoms with Crippen LogP contribution in [-0.2, 0) is 6.42 Å². The van der Waals surface area contributed by atoms with E-state index in [4.69, 9.17) is 0 Å². The standard InChI is InChI=1S/C21H18N2O2/c1-22-21(25)19-7-3-2-5-17(19)13-18-6-4-12-23-20(18)16-10-8-15(14-24)9-11-16/h2-12,14H,13H2,1H3,(H,22,25). The molecular weight excluding hydrogens is 312 g/mol. The summed E-state index contributed by atoms with van der Waals surface area (Å²) in [5.74, 6) is -0.101.